The lowest BCUT2D eigenvalue weighted by atomic mass is 9.73. The smallest absolute Gasteiger partial charge is 0.261 e. The highest BCUT2D eigenvalue weighted by molar-refractivity contribution is 6.08. The number of fused-ring (bicyclic) bond motifs is 1. The quantitative estimate of drug-likeness (QED) is 0.531. The van der Waals surface area contributed by atoms with Crippen LogP contribution >= 0.6 is 0 Å². The van der Waals surface area contributed by atoms with Gasteiger partial charge in [-0.05, 0) is 41.7 Å². The van der Waals surface area contributed by atoms with Gasteiger partial charge in [-0.2, -0.15) is 5.10 Å². The zero-order valence-corrected chi connectivity index (χ0v) is 19.3. The van der Waals surface area contributed by atoms with Gasteiger partial charge >= 0.3 is 0 Å². The van der Waals surface area contributed by atoms with Crippen LogP contribution < -0.4 is 15.4 Å². The molecule has 1 atom stereocenters. The van der Waals surface area contributed by atoms with E-state index in [1.165, 1.54) is 6.20 Å². The molecular weight excluding hydrogens is 432 g/mol. The third-order valence-corrected chi connectivity index (χ3v) is 6.28. The number of benzene rings is 2. The van der Waals surface area contributed by atoms with Crippen LogP contribution in [0.5, 0.6) is 11.5 Å². The fourth-order valence-electron chi connectivity index (χ4n) is 4.74. The van der Waals surface area contributed by atoms with Gasteiger partial charge < -0.3 is 20.5 Å². The number of aromatic nitrogens is 2. The molecule has 174 valence electrons. The summed E-state index contributed by atoms with van der Waals surface area (Å²) in [5.74, 6) is 1.04. The summed E-state index contributed by atoms with van der Waals surface area (Å²) in [6, 6.07) is 13.4. The number of methoxy groups -OCH3 is 1. The van der Waals surface area contributed by atoms with Crippen molar-refractivity contribution in [3.8, 4) is 11.5 Å². The summed E-state index contributed by atoms with van der Waals surface area (Å²) in [6.07, 6.45) is 2.62. The maximum absolute atomic E-state index is 13.3. The van der Waals surface area contributed by atoms with Crippen LogP contribution in [0.25, 0.3) is 0 Å². The minimum atomic E-state index is -0.492. The average molecular weight is 459 g/mol. The molecule has 0 fully saturated rings. The first-order valence-electron chi connectivity index (χ1n) is 11.1. The Hall–Kier alpha value is -4.07. The van der Waals surface area contributed by atoms with E-state index in [1.807, 2.05) is 0 Å². The lowest BCUT2D eigenvalue weighted by molar-refractivity contribution is -0.118. The SMILES string of the molecule is COc1cccc(NC(=O)c2cnn3c2NC2=C(C(=O)CC(C)(C)C2)[C@H]3c2ccc(O)cc2)c1. The van der Waals surface area contributed by atoms with E-state index >= 15 is 0 Å². The van der Waals surface area contributed by atoms with Gasteiger partial charge in [0.15, 0.2) is 5.78 Å². The Morgan fingerprint density at radius 1 is 1.21 bits per heavy atom. The maximum atomic E-state index is 13.3. The topological polar surface area (TPSA) is 105 Å². The third kappa shape index (κ3) is 3.81. The molecule has 8 nitrogen and oxygen atoms in total. The van der Waals surface area contributed by atoms with Crippen molar-refractivity contribution in [3.05, 3.63) is 77.1 Å². The Bertz CT molecular complexity index is 1320. The maximum Gasteiger partial charge on any atom is 0.261 e. The number of phenolic OH excluding ortho intramolecular Hbond substituents is 1. The minimum Gasteiger partial charge on any atom is -0.508 e. The number of nitrogens with one attached hydrogen (secondary N) is 2. The summed E-state index contributed by atoms with van der Waals surface area (Å²) in [5.41, 5.74) is 3.04. The molecule has 2 aromatic carbocycles. The van der Waals surface area contributed by atoms with Crippen LogP contribution in [0.4, 0.5) is 11.5 Å². The average Bonchev–Trinajstić information content (AvgIpc) is 3.21. The molecule has 0 unspecified atom stereocenters. The summed E-state index contributed by atoms with van der Waals surface area (Å²) >= 11 is 0. The van der Waals surface area contributed by atoms with Crippen molar-refractivity contribution in [2.24, 2.45) is 5.41 Å². The fourth-order valence-corrected chi connectivity index (χ4v) is 4.74. The molecular formula is C26H26N4O4. The summed E-state index contributed by atoms with van der Waals surface area (Å²) in [4.78, 5) is 26.5. The van der Waals surface area contributed by atoms with Gasteiger partial charge in [0.1, 0.15) is 28.9 Å². The predicted molar refractivity (Wildman–Crippen MR) is 128 cm³/mol. The molecule has 2 aliphatic rings. The molecule has 1 aromatic heterocycles. The second-order valence-electron chi connectivity index (χ2n) is 9.49. The number of ether oxygens (including phenoxy) is 1. The summed E-state index contributed by atoms with van der Waals surface area (Å²) in [5, 5.41) is 20.6. The van der Waals surface area contributed by atoms with E-state index in [-0.39, 0.29) is 22.9 Å². The van der Waals surface area contributed by atoms with Crippen molar-refractivity contribution in [3.63, 3.8) is 0 Å². The second-order valence-corrected chi connectivity index (χ2v) is 9.49. The molecule has 34 heavy (non-hydrogen) atoms. The lowest BCUT2D eigenvalue weighted by Gasteiger charge is -2.39. The Morgan fingerprint density at radius 2 is 1.97 bits per heavy atom. The first kappa shape index (κ1) is 21.8. The first-order valence-corrected chi connectivity index (χ1v) is 11.1. The number of Topliss-reactive ketones (excluding diaryl/α,β-unsaturated/α-hetero) is 1. The molecule has 0 spiro atoms. The number of anilines is 2. The van der Waals surface area contributed by atoms with E-state index < -0.39 is 6.04 Å². The van der Waals surface area contributed by atoms with E-state index in [2.05, 4.69) is 29.6 Å². The highest BCUT2D eigenvalue weighted by atomic mass is 16.5. The summed E-state index contributed by atoms with van der Waals surface area (Å²) in [6.45, 7) is 4.13. The van der Waals surface area contributed by atoms with Gasteiger partial charge in [0, 0.05) is 29.4 Å². The standard InChI is InChI=1S/C26H26N4O4/c1-26(2)12-20-22(21(32)13-26)23(15-7-9-17(31)10-8-15)30-24(29-20)19(14-27-30)25(33)28-16-5-4-6-18(11-16)34-3/h4-11,14,23,29,31H,12-13H2,1-3H3,(H,28,33)/t23-/m1/s1. The Morgan fingerprint density at radius 3 is 2.71 bits per heavy atom. The van der Waals surface area contributed by atoms with Crippen LogP contribution in [0.1, 0.15) is 48.7 Å². The number of nitrogens with zero attached hydrogens (tertiary/aromatic N) is 2. The number of carbonyl (C=O) groups is 2. The molecule has 1 amide bonds. The molecule has 0 saturated carbocycles. The van der Waals surface area contributed by atoms with Crippen molar-refractivity contribution < 1.29 is 19.4 Å². The molecule has 0 radical (unpaired) electrons. The normalized spacial score (nSPS) is 18.6. The van der Waals surface area contributed by atoms with Gasteiger partial charge in [-0.3, -0.25) is 9.59 Å². The van der Waals surface area contributed by atoms with Crippen molar-refractivity contribution in [1.29, 1.82) is 0 Å². The predicted octanol–water partition coefficient (Wildman–Crippen LogP) is 4.51. The molecule has 2 heterocycles. The molecule has 3 N–H and O–H groups in total. The number of hydrogen-bond acceptors (Lipinski definition) is 6. The van der Waals surface area contributed by atoms with Gasteiger partial charge in [0.2, 0.25) is 0 Å². The molecule has 0 bridgehead atoms. The number of aromatic hydroxyl groups is 1. The van der Waals surface area contributed by atoms with Crippen LogP contribution in [0.3, 0.4) is 0 Å². The van der Waals surface area contributed by atoms with E-state index in [4.69, 9.17) is 4.74 Å². The van der Waals surface area contributed by atoms with Gasteiger partial charge in [0.05, 0.1) is 13.3 Å². The van der Waals surface area contributed by atoms with E-state index in [9.17, 15) is 14.7 Å². The van der Waals surface area contributed by atoms with Gasteiger partial charge in [0.25, 0.3) is 5.91 Å². The molecule has 5 rings (SSSR count). The van der Waals surface area contributed by atoms with E-state index in [0.717, 1.165) is 11.3 Å². The van der Waals surface area contributed by atoms with Gasteiger partial charge in [-0.1, -0.05) is 32.0 Å². The van der Waals surface area contributed by atoms with Crippen LogP contribution in [-0.4, -0.2) is 33.7 Å². The molecule has 3 aromatic rings. The van der Waals surface area contributed by atoms with Crippen LogP contribution in [-0.2, 0) is 4.79 Å². The third-order valence-electron chi connectivity index (χ3n) is 6.28. The zero-order chi connectivity index (χ0) is 24.0. The van der Waals surface area contributed by atoms with Crippen molar-refractivity contribution >= 4 is 23.2 Å². The molecule has 1 aliphatic heterocycles. The number of phenols is 1. The Kier molecular flexibility index (Phi) is 5.16. The highest BCUT2D eigenvalue weighted by Gasteiger charge is 2.42. The van der Waals surface area contributed by atoms with Gasteiger partial charge in [-0.25, -0.2) is 4.68 Å². The van der Waals surface area contributed by atoms with Gasteiger partial charge in [-0.15, -0.1) is 0 Å². The number of allylic oxidation sites excluding steroid dienone is 2. The highest BCUT2D eigenvalue weighted by Crippen LogP contribution is 2.46. The molecule has 1 aliphatic carbocycles. The van der Waals surface area contributed by atoms with Crippen LogP contribution in [0.2, 0.25) is 0 Å². The number of carbonyl (C=O) groups excluding carboxylic acids is 2. The Balaban J connectivity index is 1.57. The number of hydrogen-bond donors (Lipinski definition) is 3. The van der Waals surface area contributed by atoms with E-state index in [1.54, 1.807) is 60.3 Å². The monoisotopic (exact) mass is 458 g/mol. The van der Waals surface area contributed by atoms with Crippen molar-refractivity contribution in [1.82, 2.24) is 9.78 Å². The Labute approximate surface area is 197 Å². The van der Waals surface area contributed by atoms with Crippen LogP contribution in [0, 0.1) is 5.41 Å². The first-order chi connectivity index (χ1) is 16.3. The molecule has 0 saturated heterocycles. The summed E-state index contributed by atoms with van der Waals surface area (Å²) < 4.78 is 6.92. The minimum absolute atomic E-state index is 0.0559. The number of ketones is 1. The zero-order valence-electron chi connectivity index (χ0n) is 19.3. The van der Waals surface area contributed by atoms with E-state index in [0.29, 0.717) is 41.2 Å². The largest absolute Gasteiger partial charge is 0.508 e. The number of rotatable bonds is 4. The second kappa shape index (κ2) is 8.06. The van der Waals surface area contributed by atoms with Crippen LogP contribution in [0.15, 0.2) is 66.0 Å². The van der Waals surface area contributed by atoms with Crippen molar-refractivity contribution in [2.75, 3.05) is 17.7 Å². The lowest BCUT2D eigenvalue weighted by Crippen LogP contribution is -2.36. The van der Waals surface area contributed by atoms with Crippen molar-refractivity contribution in [2.45, 2.75) is 32.7 Å². The molecule has 8 heteroatoms. The number of amides is 1. The summed E-state index contributed by atoms with van der Waals surface area (Å²) in [7, 11) is 1.57. The fraction of sp³-hybridized carbons (Fsp3) is 0.269.